The lowest BCUT2D eigenvalue weighted by Crippen LogP contribution is -2.48. The Labute approximate surface area is 109 Å². The molecule has 0 saturated carbocycles. The Morgan fingerprint density at radius 1 is 1.44 bits per heavy atom. The molecule has 0 radical (unpaired) electrons. The number of hydrogen-bond acceptors (Lipinski definition) is 3. The van der Waals surface area contributed by atoms with E-state index < -0.39 is 5.54 Å². The molecule has 0 aliphatic heterocycles. The van der Waals surface area contributed by atoms with Crippen LogP contribution in [0.4, 0.5) is 0 Å². The van der Waals surface area contributed by atoms with Crippen LogP contribution in [0.2, 0.25) is 0 Å². The molecule has 0 spiro atoms. The zero-order valence-corrected chi connectivity index (χ0v) is 11.5. The molecule has 1 rings (SSSR count). The monoisotopic (exact) mass is 250 g/mol. The molecular formula is C14H22N2O2. The van der Waals surface area contributed by atoms with Crippen LogP contribution in [0.25, 0.3) is 0 Å². The van der Waals surface area contributed by atoms with E-state index in [1.165, 1.54) is 0 Å². The van der Waals surface area contributed by atoms with E-state index in [-0.39, 0.29) is 12.0 Å². The highest BCUT2D eigenvalue weighted by Gasteiger charge is 2.19. The van der Waals surface area contributed by atoms with Gasteiger partial charge >= 0.3 is 0 Å². The summed E-state index contributed by atoms with van der Waals surface area (Å²) < 4.78 is 5.56. The summed E-state index contributed by atoms with van der Waals surface area (Å²) in [5.41, 5.74) is 5.76. The molecule has 0 fully saturated rings. The highest BCUT2D eigenvalue weighted by Crippen LogP contribution is 2.15. The first-order valence-corrected chi connectivity index (χ1v) is 6.13. The largest absolute Gasteiger partial charge is 0.491 e. The maximum atomic E-state index is 12.0. The van der Waals surface area contributed by atoms with E-state index in [0.717, 1.165) is 0 Å². The summed E-state index contributed by atoms with van der Waals surface area (Å²) in [4.78, 5) is 12.0. The van der Waals surface area contributed by atoms with Crippen LogP contribution in [0.15, 0.2) is 24.3 Å². The van der Waals surface area contributed by atoms with E-state index in [1.807, 2.05) is 39.8 Å². The molecule has 100 valence electrons. The van der Waals surface area contributed by atoms with Gasteiger partial charge in [0, 0.05) is 17.6 Å². The lowest BCUT2D eigenvalue weighted by atomic mass is 10.1. The Balaban J connectivity index is 2.80. The van der Waals surface area contributed by atoms with Crippen LogP contribution in [0.5, 0.6) is 5.75 Å². The standard InChI is InChI=1S/C14H22N2O2/c1-10(2)18-12-7-5-6-11(8-12)13(17)16-14(3,4)9-15/h5-8,10H,9,15H2,1-4H3,(H,16,17). The first kappa shape index (κ1) is 14.5. The summed E-state index contributed by atoms with van der Waals surface area (Å²) >= 11 is 0. The van der Waals surface area contributed by atoms with Gasteiger partial charge in [0.05, 0.1) is 6.10 Å². The fourth-order valence-electron chi connectivity index (χ4n) is 1.41. The van der Waals surface area contributed by atoms with Crippen molar-refractivity contribution in [3.8, 4) is 5.75 Å². The first-order valence-electron chi connectivity index (χ1n) is 6.13. The van der Waals surface area contributed by atoms with Gasteiger partial charge < -0.3 is 15.8 Å². The van der Waals surface area contributed by atoms with Crippen molar-refractivity contribution in [2.45, 2.75) is 39.3 Å². The Bertz CT molecular complexity index is 414. The van der Waals surface area contributed by atoms with Crippen molar-refractivity contribution < 1.29 is 9.53 Å². The van der Waals surface area contributed by atoms with E-state index in [9.17, 15) is 4.79 Å². The molecule has 18 heavy (non-hydrogen) atoms. The van der Waals surface area contributed by atoms with Crippen molar-refractivity contribution >= 4 is 5.91 Å². The molecule has 0 atom stereocenters. The molecule has 4 heteroatoms. The number of carbonyl (C=O) groups excluding carboxylic acids is 1. The lowest BCUT2D eigenvalue weighted by Gasteiger charge is -2.24. The Hall–Kier alpha value is -1.55. The summed E-state index contributed by atoms with van der Waals surface area (Å²) in [6.07, 6.45) is 0.0868. The fourth-order valence-corrected chi connectivity index (χ4v) is 1.41. The van der Waals surface area contributed by atoms with Crippen molar-refractivity contribution in [2.75, 3.05) is 6.54 Å². The van der Waals surface area contributed by atoms with Gasteiger partial charge in [0.1, 0.15) is 5.75 Å². The Morgan fingerprint density at radius 2 is 2.11 bits per heavy atom. The molecule has 0 heterocycles. The summed E-state index contributed by atoms with van der Waals surface area (Å²) in [5.74, 6) is 0.558. The van der Waals surface area contributed by atoms with Gasteiger partial charge in [-0.15, -0.1) is 0 Å². The zero-order chi connectivity index (χ0) is 13.8. The van der Waals surface area contributed by atoms with Crippen LogP contribution >= 0.6 is 0 Å². The van der Waals surface area contributed by atoms with Gasteiger partial charge in [-0.1, -0.05) is 6.07 Å². The number of ether oxygens (including phenoxy) is 1. The van der Waals surface area contributed by atoms with Crippen molar-refractivity contribution in [3.05, 3.63) is 29.8 Å². The fraction of sp³-hybridized carbons (Fsp3) is 0.500. The van der Waals surface area contributed by atoms with E-state index >= 15 is 0 Å². The average Bonchev–Trinajstić information content (AvgIpc) is 2.28. The van der Waals surface area contributed by atoms with Gasteiger partial charge in [0.25, 0.3) is 5.91 Å². The summed E-state index contributed by atoms with van der Waals surface area (Å²) in [6, 6.07) is 7.14. The van der Waals surface area contributed by atoms with Crippen LogP contribution < -0.4 is 15.8 Å². The smallest absolute Gasteiger partial charge is 0.251 e. The average molecular weight is 250 g/mol. The van der Waals surface area contributed by atoms with Crippen LogP contribution in [0.3, 0.4) is 0 Å². The van der Waals surface area contributed by atoms with Crippen molar-refractivity contribution in [1.29, 1.82) is 0 Å². The van der Waals surface area contributed by atoms with Crippen LogP contribution in [-0.4, -0.2) is 24.1 Å². The van der Waals surface area contributed by atoms with Crippen LogP contribution in [0, 0.1) is 0 Å². The molecular weight excluding hydrogens is 228 g/mol. The molecule has 1 aromatic carbocycles. The van der Waals surface area contributed by atoms with E-state index in [4.69, 9.17) is 10.5 Å². The normalized spacial score (nSPS) is 11.4. The minimum Gasteiger partial charge on any atom is -0.491 e. The summed E-state index contributed by atoms with van der Waals surface area (Å²) in [5, 5.41) is 2.88. The number of hydrogen-bond donors (Lipinski definition) is 2. The Kier molecular flexibility index (Phi) is 4.73. The van der Waals surface area contributed by atoms with Crippen LogP contribution in [0.1, 0.15) is 38.1 Å². The van der Waals surface area contributed by atoms with Gasteiger partial charge in [0.2, 0.25) is 0 Å². The van der Waals surface area contributed by atoms with E-state index in [1.54, 1.807) is 12.1 Å². The van der Waals surface area contributed by atoms with Crippen molar-refractivity contribution in [1.82, 2.24) is 5.32 Å². The maximum Gasteiger partial charge on any atom is 0.251 e. The molecule has 1 amide bonds. The number of nitrogens with one attached hydrogen (secondary N) is 1. The molecule has 0 unspecified atom stereocenters. The molecule has 0 aliphatic rings. The van der Waals surface area contributed by atoms with Gasteiger partial charge in [0.15, 0.2) is 0 Å². The summed E-state index contributed by atoms with van der Waals surface area (Å²) in [6.45, 7) is 8.06. The second-order valence-corrected chi connectivity index (χ2v) is 5.24. The molecule has 4 nitrogen and oxygen atoms in total. The minimum absolute atomic E-state index is 0.0868. The maximum absolute atomic E-state index is 12.0. The van der Waals surface area contributed by atoms with E-state index in [2.05, 4.69) is 5.32 Å². The lowest BCUT2D eigenvalue weighted by molar-refractivity contribution is 0.0915. The number of rotatable bonds is 5. The number of benzene rings is 1. The minimum atomic E-state index is -0.411. The first-order chi connectivity index (χ1) is 8.34. The van der Waals surface area contributed by atoms with Crippen LogP contribution in [-0.2, 0) is 0 Å². The number of carbonyl (C=O) groups is 1. The Morgan fingerprint density at radius 3 is 2.67 bits per heavy atom. The number of amides is 1. The molecule has 0 saturated heterocycles. The van der Waals surface area contributed by atoms with Gasteiger partial charge in [-0.3, -0.25) is 4.79 Å². The van der Waals surface area contributed by atoms with Gasteiger partial charge in [-0.05, 0) is 45.9 Å². The third-order valence-corrected chi connectivity index (χ3v) is 2.43. The predicted molar refractivity (Wildman–Crippen MR) is 72.8 cm³/mol. The second kappa shape index (κ2) is 5.87. The predicted octanol–water partition coefficient (Wildman–Crippen LogP) is 1.94. The third-order valence-electron chi connectivity index (χ3n) is 2.43. The van der Waals surface area contributed by atoms with Gasteiger partial charge in [-0.2, -0.15) is 0 Å². The molecule has 3 N–H and O–H groups in total. The van der Waals surface area contributed by atoms with Crippen molar-refractivity contribution in [2.24, 2.45) is 5.73 Å². The molecule has 0 aliphatic carbocycles. The topological polar surface area (TPSA) is 64.3 Å². The molecule has 1 aromatic rings. The van der Waals surface area contributed by atoms with Gasteiger partial charge in [-0.25, -0.2) is 0 Å². The third kappa shape index (κ3) is 4.37. The zero-order valence-electron chi connectivity index (χ0n) is 11.5. The second-order valence-electron chi connectivity index (χ2n) is 5.24. The van der Waals surface area contributed by atoms with Crippen molar-refractivity contribution in [3.63, 3.8) is 0 Å². The highest BCUT2D eigenvalue weighted by molar-refractivity contribution is 5.95. The molecule has 0 aromatic heterocycles. The highest BCUT2D eigenvalue weighted by atomic mass is 16.5. The quantitative estimate of drug-likeness (QED) is 0.839. The SMILES string of the molecule is CC(C)Oc1cccc(C(=O)NC(C)(C)CN)c1. The summed E-state index contributed by atoms with van der Waals surface area (Å²) in [7, 11) is 0. The molecule has 0 bridgehead atoms. The van der Waals surface area contributed by atoms with E-state index in [0.29, 0.717) is 17.9 Å². The number of nitrogens with two attached hydrogens (primary N) is 1.